The molecule has 0 saturated carbocycles. The molecule has 0 spiro atoms. The van der Waals surface area contributed by atoms with Gasteiger partial charge in [-0.2, -0.15) is 0 Å². The highest BCUT2D eigenvalue weighted by Gasteiger charge is 2.12. The molecule has 0 unspecified atom stereocenters. The van der Waals surface area contributed by atoms with Crippen molar-refractivity contribution in [3.63, 3.8) is 0 Å². The number of thiophene rings is 1. The Morgan fingerprint density at radius 3 is 2.68 bits per heavy atom. The average molecular weight is 291 g/mol. The Morgan fingerprint density at radius 1 is 1.42 bits per heavy atom. The van der Waals surface area contributed by atoms with Gasteiger partial charge in [0.2, 0.25) is 0 Å². The summed E-state index contributed by atoms with van der Waals surface area (Å²) in [5, 5.41) is 2.10. The highest BCUT2D eigenvalue weighted by atomic mass is 32.1. The summed E-state index contributed by atoms with van der Waals surface area (Å²) < 4.78 is 0. The quantitative estimate of drug-likeness (QED) is 0.859. The molecule has 3 nitrogen and oxygen atoms in total. The lowest BCUT2D eigenvalue weighted by molar-refractivity contribution is 0.686. The van der Waals surface area contributed by atoms with Gasteiger partial charge in [0, 0.05) is 10.9 Å². The van der Waals surface area contributed by atoms with Gasteiger partial charge in [0.05, 0.1) is 24.1 Å². The fraction of sp³-hybridized carbons (Fsp3) is 0.286. The Morgan fingerprint density at radius 2 is 2.21 bits per heavy atom. The third-order valence-corrected chi connectivity index (χ3v) is 3.93. The molecule has 100 valence electrons. The summed E-state index contributed by atoms with van der Waals surface area (Å²) in [4.78, 5) is 8.29. The van der Waals surface area contributed by atoms with Crippen LogP contribution in [0, 0.1) is 0 Å². The summed E-state index contributed by atoms with van der Waals surface area (Å²) in [5.41, 5.74) is 7.32. The molecule has 19 heavy (non-hydrogen) atoms. The largest absolute Gasteiger partial charge is 0.388 e. The molecule has 2 heterocycles. The fourth-order valence-electron chi connectivity index (χ4n) is 1.84. The predicted octanol–water partition coefficient (Wildman–Crippen LogP) is 3.19. The van der Waals surface area contributed by atoms with Crippen molar-refractivity contribution in [3.8, 4) is 0 Å². The summed E-state index contributed by atoms with van der Waals surface area (Å²) in [6.45, 7) is 5.24. The van der Waals surface area contributed by atoms with Crippen LogP contribution in [0.25, 0.3) is 0 Å². The third-order valence-electron chi connectivity index (χ3n) is 2.86. The van der Waals surface area contributed by atoms with Crippen LogP contribution in [0.2, 0.25) is 0 Å². The zero-order chi connectivity index (χ0) is 13.8. The summed E-state index contributed by atoms with van der Waals surface area (Å²) >= 11 is 6.69. The summed E-state index contributed by atoms with van der Waals surface area (Å²) in [7, 11) is 0. The molecular weight excluding hydrogens is 274 g/mol. The van der Waals surface area contributed by atoms with E-state index in [1.54, 1.807) is 11.3 Å². The van der Waals surface area contributed by atoms with Gasteiger partial charge in [-0.3, -0.25) is 4.98 Å². The zero-order valence-corrected chi connectivity index (χ0v) is 12.7. The molecule has 0 fully saturated rings. The summed E-state index contributed by atoms with van der Waals surface area (Å²) in [6.07, 6.45) is 1.84. The normalized spacial score (nSPS) is 10.7. The Labute approximate surface area is 123 Å². The van der Waals surface area contributed by atoms with Crippen LogP contribution in [-0.4, -0.2) is 16.0 Å². The molecule has 0 aliphatic rings. The molecule has 0 aromatic carbocycles. The van der Waals surface area contributed by atoms with Crippen LogP contribution in [0.15, 0.2) is 35.8 Å². The molecule has 0 radical (unpaired) electrons. The molecule has 0 amide bonds. The van der Waals surface area contributed by atoms with Crippen LogP contribution in [0.3, 0.4) is 0 Å². The zero-order valence-electron chi connectivity index (χ0n) is 11.0. The van der Waals surface area contributed by atoms with Gasteiger partial charge in [0.25, 0.3) is 0 Å². The lowest BCUT2D eigenvalue weighted by Gasteiger charge is -2.28. The van der Waals surface area contributed by atoms with Crippen LogP contribution in [0.5, 0.6) is 0 Å². The van der Waals surface area contributed by atoms with Crippen molar-refractivity contribution in [2.75, 3.05) is 4.90 Å². The fourth-order valence-corrected chi connectivity index (χ4v) is 2.67. The van der Waals surface area contributed by atoms with Crippen molar-refractivity contribution >= 4 is 34.2 Å². The number of nitrogens with zero attached hydrogens (tertiary/aromatic N) is 2. The molecule has 2 rings (SSSR count). The van der Waals surface area contributed by atoms with Gasteiger partial charge in [-0.15, -0.1) is 11.3 Å². The van der Waals surface area contributed by atoms with Gasteiger partial charge in [0.1, 0.15) is 4.99 Å². The molecule has 0 saturated heterocycles. The van der Waals surface area contributed by atoms with Crippen LogP contribution < -0.4 is 10.6 Å². The minimum atomic E-state index is 0.334. The van der Waals surface area contributed by atoms with Gasteiger partial charge >= 0.3 is 0 Å². The Kier molecular flexibility index (Phi) is 4.50. The number of rotatable bonds is 5. The van der Waals surface area contributed by atoms with Gasteiger partial charge in [-0.05, 0) is 37.4 Å². The van der Waals surface area contributed by atoms with E-state index in [2.05, 4.69) is 41.2 Å². The van der Waals surface area contributed by atoms with Gasteiger partial charge < -0.3 is 10.6 Å². The first-order valence-electron chi connectivity index (χ1n) is 6.13. The van der Waals surface area contributed by atoms with Crippen molar-refractivity contribution in [2.24, 2.45) is 5.73 Å². The molecule has 2 N–H and O–H groups in total. The Bertz CT molecular complexity index is 532. The van der Waals surface area contributed by atoms with Gasteiger partial charge in [-0.1, -0.05) is 18.3 Å². The second-order valence-electron chi connectivity index (χ2n) is 4.57. The molecule has 5 heteroatoms. The predicted molar refractivity (Wildman–Crippen MR) is 85.8 cm³/mol. The number of aromatic nitrogens is 1. The van der Waals surface area contributed by atoms with Gasteiger partial charge in [0.15, 0.2) is 0 Å². The van der Waals surface area contributed by atoms with E-state index in [0.717, 1.165) is 12.2 Å². The highest BCUT2D eigenvalue weighted by Crippen LogP contribution is 2.21. The first kappa shape index (κ1) is 14.0. The highest BCUT2D eigenvalue weighted by molar-refractivity contribution is 7.80. The molecule has 2 aromatic rings. The first-order chi connectivity index (χ1) is 9.08. The molecule has 0 aliphatic heterocycles. The standard InChI is InChI=1S/C14H17N3S2/c1-10(2)17(9-12-4-3-7-19-12)11-5-6-13(14(15)18)16-8-11/h3-8,10H,9H2,1-2H3,(H2,15,18). The number of hydrogen-bond acceptors (Lipinski definition) is 4. The van der Waals surface area contributed by atoms with Crippen molar-refractivity contribution in [2.45, 2.75) is 26.4 Å². The van der Waals surface area contributed by atoms with E-state index in [4.69, 9.17) is 18.0 Å². The van der Waals surface area contributed by atoms with E-state index in [0.29, 0.717) is 16.7 Å². The van der Waals surface area contributed by atoms with E-state index in [-0.39, 0.29) is 0 Å². The van der Waals surface area contributed by atoms with E-state index in [9.17, 15) is 0 Å². The number of nitrogens with two attached hydrogens (primary N) is 1. The van der Waals surface area contributed by atoms with Crippen LogP contribution in [-0.2, 0) is 6.54 Å². The number of pyridine rings is 1. The van der Waals surface area contributed by atoms with Crippen LogP contribution in [0.4, 0.5) is 5.69 Å². The topological polar surface area (TPSA) is 42.1 Å². The molecular formula is C14H17N3S2. The minimum Gasteiger partial charge on any atom is -0.388 e. The SMILES string of the molecule is CC(C)N(Cc1cccs1)c1ccc(C(N)=S)nc1. The second-order valence-corrected chi connectivity index (χ2v) is 6.04. The van der Waals surface area contributed by atoms with Crippen molar-refractivity contribution in [1.82, 2.24) is 4.98 Å². The van der Waals surface area contributed by atoms with Crippen LogP contribution >= 0.6 is 23.6 Å². The van der Waals surface area contributed by atoms with E-state index < -0.39 is 0 Å². The van der Waals surface area contributed by atoms with Crippen molar-refractivity contribution in [3.05, 3.63) is 46.4 Å². The summed E-state index contributed by atoms with van der Waals surface area (Å²) in [6, 6.07) is 8.53. The van der Waals surface area contributed by atoms with Crippen LogP contribution in [0.1, 0.15) is 24.4 Å². The second kappa shape index (κ2) is 6.12. The molecule has 2 aromatic heterocycles. The number of thiocarbonyl (C=S) groups is 1. The Hall–Kier alpha value is -1.46. The first-order valence-corrected chi connectivity index (χ1v) is 7.41. The monoisotopic (exact) mass is 291 g/mol. The lowest BCUT2D eigenvalue weighted by Crippen LogP contribution is -2.30. The molecule has 0 aliphatic carbocycles. The van der Waals surface area contributed by atoms with E-state index >= 15 is 0 Å². The minimum absolute atomic E-state index is 0.334. The number of anilines is 1. The third kappa shape index (κ3) is 3.52. The molecule has 0 atom stereocenters. The lowest BCUT2D eigenvalue weighted by atomic mass is 10.2. The maximum Gasteiger partial charge on any atom is 0.122 e. The maximum absolute atomic E-state index is 5.57. The van der Waals surface area contributed by atoms with E-state index in [1.165, 1.54) is 4.88 Å². The molecule has 0 bridgehead atoms. The average Bonchev–Trinajstić information content (AvgIpc) is 2.88. The Balaban J connectivity index is 2.21. The smallest absolute Gasteiger partial charge is 0.122 e. The number of hydrogen-bond donors (Lipinski definition) is 1. The van der Waals surface area contributed by atoms with Gasteiger partial charge in [-0.25, -0.2) is 0 Å². The summed E-state index contributed by atoms with van der Waals surface area (Å²) in [5.74, 6) is 0. The van der Waals surface area contributed by atoms with Crippen molar-refractivity contribution in [1.29, 1.82) is 0 Å². The van der Waals surface area contributed by atoms with E-state index in [1.807, 2.05) is 18.3 Å². The van der Waals surface area contributed by atoms with Crippen molar-refractivity contribution < 1.29 is 0 Å². The maximum atomic E-state index is 5.57.